The first kappa shape index (κ1) is 17.7. The van der Waals surface area contributed by atoms with Crippen LogP contribution in [0.5, 0.6) is 0 Å². The van der Waals surface area contributed by atoms with Gasteiger partial charge in [-0.15, -0.1) is 0 Å². The first-order valence-corrected chi connectivity index (χ1v) is 9.06. The van der Waals surface area contributed by atoms with Crippen LogP contribution in [0.25, 0.3) is 0 Å². The van der Waals surface area contributed by atoms with Crippen LogP contribution < -0.4 is 5.32 Å². The monoisotopic (exact) mass is 344 g/mol. The number of carbonyl (C=O) groups is 2. The molecule has 3 rings (SSSR count). The average molecular weight is 344 g/mol. The zero-order valence-corrected chi connectivity index (χ0v) is 15.6. The lowest BCUT2D eigenvalue weighted by molar-refractivity contribution is -0.129. The summed E-state index contributed by atoms with van der Waals surface area (Å²) in [4.78, 5) is 32.5. The van der Waals surface area contributed by atoms with Gasteiger partial charge in [0, 0.05) is 38.8 Å². The molecule has 2 amide bonds. The maximum atomic E-state index is 12.8. The fraction of sp³-hybridized carbons (Fsp3) is 0.632. The van der Waals surface area contributed by atoms with Gasteiger partial charge in [-0.3, -0.25) is 9.59 Å². The van der Waals surface area contributed by atoms with Crippen molar-refractivity contribution < 1.29 is 9.59 Å². The molecule has 1 N–H and O–H groups in total. The number of rotatable bonds is 2. The average Bonchev–Trinajstić information content (AvgIpc) is 2.98. The molecule has 0 unspecified atom stereocenters. The second kappa shape index (κ2) is 6.65. The molecule has 0 spiro atoms. The Morgan fingerprint density at radius 1 is 1.40 bits per heavy atom. The third-order valence-corrected chi connectivity index (χ3v) is 5.41. The lowest BCUT2D eigenvalue weighted by atomic mass is 9.98. The molecule has 1 atom stereocenters. The number of aryl methyl sites for hydroxylation is 1. The number of likely N-dealkylation sites (N-methyl/N-ethyl adjacent to an activating group) is 1. The van der Waals surface area contributed by atoms with Gasteiger partial charge in [0.15, 0.2) is 0 Å². The Bertz CT molecular complexity index is 686. The molecule has 0 saturated carbocycles. The quantitative estimate of drug-likeness (QED) is 0.894. The van der Waals surface area contributed by atoms with E-state index in [0.29, 0.717) is 18.7 Å². The number of likely N-dealkylation sites (tertiary alicyclic amines) is 1. The van der Waals surface area contributed by atoms with E-state index in [1.54, 1.807) is 25.1 Å². The summed E-state index contributed by atoms with van der Waals surface area (Å²) in [6.45, 7) is 7.20. The van der Waals surface area contributed by atoms with Gasteiger partial charge in [-0.1, -0.05) is 0 Å². The number of aromatic nitrogens is 1. The summed E-state index contributed by atoms with van der Waals surface area (Å²) in [5.41, 5.74) is 1.79. The van der Waals surface area contributed by atoms with E-state index in [2.05, 4.69) is 24.1 Å². The van der Waals surface area contributed by atoms with Gasteiger partial charge in [-0.05, 0) is 51.2 Å². The van der Waals surface area contributed by atoms with Gasteiger partial charge < -0.3 is 15.1 Å². The number of nitrogens with one attached hydrogen (secondary N) is 1. The van der Waals surface area contributed by atoms with Crippen molar-refractivity contribution >= 4 is 17.6 Å². The SMILES string of the molecule is CC(=O)N(C)[C@H]1CCN(C(=O)c2cnc3c(c2)CCCC(C)(C)N3)C1. The molecule has 0 aromatic carbocycles. The molecule has 2 aliphatic heterocycles. The Hall–Kier alpha value is -2.11. The fourth-order valence-corrected chi connectivity index (χ4v) is 3.72. The molecule has 0 radical (unpaired) electrons. The van der Waals surface area contributed by atoms with Gasteiger partial charge in [-0.2, -0.15) is 0 Å². The van der Waals surface area contributed by atoms with Gasteiger partial charge >= 0.3 is 0 Å². The van der Waals surface area contributed by atoms with E-state index >= 15 is 0 Å². The molecular weight excluding hydrogens is 316 g/mol. The number of fused-ring (bicyclic) bond motifs is 1. The molecule has 1 fully saturated rings. The molecular formula is C19H28N4O2. The zero-order valence-electron chi connectivity index (χ0n) is 15.6. The minimum Gasteiger partial charge on any atom is -0.365 e. The van der Waals surface area contributed by atoms with Crippen molar-refractivity contribution in [3.63, 3.8) is 0 Å². The number of carbonyl (C=O) groups excluding carboxylic acids is 2. The van der Waals surface area contributed by atoms with Gasteiger partial charge in [0.25, 0.3) is 5.91 Å². The third kappa shape index (κ3) is 3.78. The van der Waals surface area contributed by atoms with Crippen LogP contribution in [0.1, 0.15) is 56.0 Å². The molecule has 0 bridgehead atoms. The highest BCUT2D eigenvalue weighted by Gasteiger charge is 2.31. The van der Waals surface area contributed by atoms with Crippen LogP contribution in [0.15, 0.2) is 12.3 Å². The minimum atomic E-state index is 0.0123. The van der Waals surface area contributed by atoms with E-state index < -0.39 is 0 Å². The van der Waals surface area contributed by atoms with Crippen LogP contribution in [0.4, 0.5) is 5.82 Å². The third-order valence-electron chi connectivity index (χ3n) is 5.41. The van der Waals surface area contributed by atoms with E-state index in [0.717, 1.165) is 37.1 Å². The smallest absolute Gasteiger partial charge is 0.255 e. The molecule has 6 heteroatoms. The van der Waals surface area contributed by atoms with E-state index in [1.165, 1.54) is 0 Å². The van der Waals surface area contributed by atoms with Crippen molar-refractivity contribution in [1.29, 1.82) is 0 Å². The maximum absolute atomic E-state index is 12.8. The Labute approximate surface area is 149 Å². The molecule has 3 heterocycles. The van der Waals surface area contributed by atoms with E-state index in [4.69, 9.17) is 0 Å². The Kier molecular flexibility index (Phi) is 4.71. The van der Waals surface area contributed by atoms with Crippen LogP contribution >= 0.6 is 0 Å². The van der Waals surface area contributed by atoms with Crippen molar-refractivity contribution in [3.8, 4) is 0 Å². The number of pyridine rings is 1. The maximum Gasteiger partial charge on any atom is 0.255 e. The molecule has 6 nitrogen and oxygen atoms in total. The largest absolute Gasteiger partial charge is 0.365 e. The van der Waals surface area contributed by atoms with Crippen molar-refractivity contribution in [2.45, 2.75) is 58.0 Å². The summed E-state index contributed by atoms with van der Waals surface area (Å²) >= 11 is 0. The lowest BCUT2D eigenvalue weighted by Gasteiger charge is -2.25. The number of amides is 2. The van der Waals surface area contributed by atoms with Gasteiger partial charge in [0.05, 0.1) is 11.6 Å². The molecule has 136 valence electrons. The van der Waals surface area contributed by atoms with E-state index in [1.807, 2.05) is 11.0 Å². The minimum absolute atomic E-state index is 0.0123. The van der Waals surface area contributed by atoms with E-state index in [-0.39, 0.29) is 23.4 Å². The van der Waals surface area contributed by atoms with Crippen LogP contribution in [0, 0.1) is 0 Å². The van der Waals surface area contributed by atoms with Gasteiger partial charge in [0.1, 0.15) is 5.82 Å². The number of anilines is 1. The second-order valence-electron chi connectivity index (χ2n) is 7.92. The molecule has 0 aliphatic carbocycles. The molecule has 1 saturated heterocycles. The lowest BCUT2D eigenvalue weighted by Crippen LogP contribution is -2.39. The van der Waals surface area contributed by atoms with Gasteiger partial charge in [-0.25, -0.2) is 4.98 Å². The number of hydrogen-bond acceptors (Lipinski definition) is 4. The van der Waals surface area contributed by atoms with Crippen LogP contribution in [-0.4, -0.2) is 58.3 Å². The summed E-state index contributed by atoms with van der Waals surface area (Å²) in [5.74, 6) is 0.951. The van der Waals surface area contributed by atoms with Crippen LogP contribution in [-0.2, 0) is 11.2 Å². The Morgan fingerprint density at radius 2 is 2.16 bits per heavy atom. The predicted octanol–water partition coefficient (Wildman–Crippen LogP) is 2.30. The summed E-state index contributed by atoms with van der Waals surface area (Å²) in [6, 6.07) is 2.10. The van der Waals surface area contributed by atoms with Crippen molar-refractivity contribution in [2.75, 3.05) is 25.5 Å². The van der Waals surface area contributed by atoms with E-state index in [9.17, 15) is 9.59 Å². The Morgan fingerprint density at radius 3 is 2.88 bits per heavy atom. The van der Waals surface area contributed by atoms with Gasteiger partial charge in [0.2, 0.25) is 5.91 Å². The first-order valence-electron chi connectivity index (χ1n) is 9.06. The first-order chi connectivity index (χ1) is 11.8. The van der Waals surface area contributed by atoms with Crippen LogP contribution in [0.2, 0.25) is 0 Å². The highest BCUT2D eigenvalue weighted by Crippen LogP contribution is 2.28. The zero-order chi connectivity index (χ0) is 18.2. The van der Waals surface area contributed by atoms with Crippen LogP contribution in [0.3, 0.4) is 0 Å². The number of nitrogens with zero attached hydrogens (tertiary/aromatic N) is 3. The summed E-state index contributed by atoms with van der Waals surface area (Å²) in [5, 5.41) is 3.49. The molecule has 25 heavy (non-hydrogen) atoms. The summed E-state index contributed by atoms with van der Waals surface area (Å²) in [7, 11) is 1.80. The van der Waals surface area contributed by atoms with Crippen molar-refractivity contribution in [1.82, 2.24) is 14.8 Å². The standard InChI is InChI=1S/C19H28N4O2/c1-13(24)22(4)16-7-9-23(12-16)18(25)15-10-14-6-5-8-19(2,3)21-17(14)20-11-15/h10-11,16H,5-9,12H2,1-4H3,(H,20,21)/t16-/m0/s1. The van der Waals surface area contributed by atoms with Crippen molar-refractivity contribution in [2.24, 2.45) is 0 Å². The Balaban J connectivity index is 1.74. The highest BCUT2D eigenvalue weighted by molar-refractivity contribution is 5.94. The molecule has 1 aromatic heterocycles. The summed E-state index contributed by atoms with van der Waals surface area (Å²) < 4.78 is 0. The fourth-order valence-electron chi connectivity index (χ4n) is 3.72. The highest BCUT2D eigenvalue weighted by atomic mass is 16.2. The number of hydrogen-bond donors (Lipinski definition) is 1. The second-order valence-corrected chi connectivity index (χ2v) is 7.92. The predicted molar refractivity (Wildman–Crippen MR) is 97.6 cm³/mol. The van der Waals surface area contributed by atoms with Crippen molar-refractivity contribution in [3.05, 3.63) is 23.4 Å². The summed E-state index contributed by atoms with van der Waals surface area (Å²) in [6.07, 6.45) is 5.61. The topological polar surface area (TPSA) is 65.5 Å². The molecule has 1 aromatic rings. The molecule has 2 aliphatic rings. The normalized spacial score (nSPS) is 21.9.